The number of carbonyl (C=O) groups excluding carboxylic acids is 2. The lowest BCUT2D eigenvalue weighted by molar-refractivity contribution is -0.136. The summed E-state index contributed by atoms with van der Waals surface area (Å²) in [7, 11) is 0. The summed E-state index contributed by atoms with van der Waals surface area (Å²) >= 11 is 0. The summed E-state index contributed by atoms with van der Waals surface area (Å²) in [5.41, 5.74) is 6.57. The number of aromatic nitrogens is 1. The summed E-state index contributed by atoms with van der Waals surface area (Å²) in [5, 5.41) is 9.68. The number of aryl methyl sites for hydroxylation is 1. The first-order valence-corrected chi connectivity index (χ1v) is 9.86. The lowest BCUT2D eigenvalue weighted by Gasteiger charge is -2.23. The van der Waals surface area contributed by atoms with Crippen LogP contribution < -0.4 is 11.3 Å². The maximum Gasteiger partial charge on any atom is 0.283 e. The Morgan fingerprint density at radius 3 is 2.41 bits per heavy atom. The number of pyridine rings is 1. The van der Waals surface area contributed by atoms with Gasteiger partial charge in [0.1, 0.15) is 6.04 Å². The molecule has 0 bridgehead atoms. The number of rotatable bonds is 4. The molecule has 0 unspecified atom stereocenters. The minimum absolute atomic E-state index is 0.0562. The Labute approximate surface area is 160 Å². The van der Waals surface area contributed by atoms with E-state index in [2.05, 4.69) is 0 Å². The first-order valence-electron chi connectivity index (χ1n) is 9.86. The Hall–Kier alpha value is -2.31. The van der Waals surface area contributed by atoms with Gasteiger partial charge in [-0.1, -0.05) is 26.2 Å². The Kier molecular flexibility index (Phi) is 7.45. The topological polar surface area (TPSA) is 106 Å². The van der Waals surface area contributed by atoms with Crippen molar-refractivity contribution < 1.29 is 14.8 Å². The predicted molar refractivity (Wildman–Crippen MR) is 103 cm³/mol. The van der Waals surface area contributed by atoms with Gasteiger partial charge in [-0.2, -0.15) is 4.73 Å². The molecule has 1 aromatic rings. The SMILES string of the molecule is CC[C@@H](C(N)=O)N1CCCC1=O.Cc1cc(C2CCCCC2)n(O)c(=O)c1. The fourth-order valence-electron chi connectivity index (χ4n) is 3.98. The molecule has 27 heavy (non-hydrogen) atoms. The molecule has 2 aliphatic rings. The molecule has 1 aliphatic carbocycles. The minimum atomic E-state index is -0.396. The summed E-state index contributed by atoms with van der Waals surface area (Å²) in [5.74, 6) is 0.0183. The zero-order chi connectivity index (χ0) is 20.0. The van der Waals surface area contributed by atoms with E-state index in [0.29, 0.717) is 25.3 Å². The van der Waals surface area contributed by atoms with E-state index in [9.17, 15) is 19.6 Å². The van der Waals surface area contributed by atoms with Crippen molar-refractivity contribution in [2.45, 2.75) is 77.2 Å². The summed E-state index contributed by atoms with van der Waals surface area (Å²) in [6, 6.07) is 3.00. The van der Waals surface area contributed by atoms with E-state index in [1.165, 1.54) is 25.3 Å². The highest BCUT2D eigenvalue weighted by Gasteiger charge is 2.29. The van der Waals surface area contributed by atoms with Crippen molar-refractivity contribution in [3.8, 4) is 0 Å². The molecule has 1 atom stereocenters. The average Bonchev–Trinajstić information content (AvgIpc) is 3.05. The van der Waals surface area contributed by atoms with Gasteiger partial charge in [-0.15, -0.1) is 0 Å². The monoisotopic (exact) mass is 377 g/mol. The van der Waals surface area contributed by atoms with Gasteiger partial charge in [-0.3, -0.25) is 14.4 Å². The van der Waals surface area contributed by atoms with E-state index in [0.717, 1.165) is 35.3 Å². The Morgan fingerprint density at radius 2 is 1.89 bits per heavy atom. The van der Waals surface area contributed by atoms with Crippen LogP contribution in [-0.4, -0.2) is 39.2 Å². The highest BCUT2D eigenvalue weighted by atomic mass is 16.5. The van der Waals surface area contributed by atoms with Crippen molar-refractivity contribution in [3.63, 3.8) is 0 Å². The molecule has 0 aromatic carbocycles. The molecule has 1 saturated carbocycles. The largest absolute Gasteiger partial charge is 0.425 e. The van der Waals surface area contributed by atoms with Gasteiger partial charge >= 0.3 is 0 Å². The highest BCUT2D eigenvalue weighted by Crippen LogP contribution is 2.31. The van der Waals surface area contributed by atoms with E-state index >= 15 is 0 Å². The zero-order valence-corrected chi connectivity index (χ0v) is 16.3. The molecule has 2 heterocycles. The van der Waals surface area contributed by atoms with Crippen LogP contribution in [0.15, 0.2) is 16.9 Å². The number of primary amides is 1. The number of nitrogens with zero attached hydrogens (tertiary/aromatic N) is 2. The maximum absolute atomic E-state index is 11.4. The van der Waals surface area contributed by atoms with E-state index in [4.69, 9.17) is 5.73 Å². The fourth-order valence-corrected chi connectivity index (χ4v) is 3.98. The van der Waals surface area contributed by atoms with Gasteiger partial charge in [0.05, 0.1) is 5.69 Å². The van der Waals surface area contributed by atoms with E-state index in [1.54, 1.807) is 4.90 Å². The molecule has 0 radical (unpaired) electrons. The molecular formula is C20H31N3O4. The van der Waals surface area contributed by atoms with Gasteiger partial charge in [-0.25, -0.2) is 0 Å². The second-order valence-corrected chi connectivity index (χ2v) is 7.46. The number of carbonyl (C=O) groups is 2. The third-order valence-corrected chi connectivity index (χ3v) is 5.40. The van der Waals surface area contributed by atoms with E-state index in [-0.39, 0.29) is 17.5 Å². The van der Waals surface area contributed by atoms with Crippen molar-refractivity contribution in [1.29, 1.82) is 0 Å². The molecule has 1 aromatic heterocycles. The maximum atomic E-state index is 11.4. The van der Waals surface area contributed by atoms with Crippen LogP contribution in [0.3, 0.4) is 0 Å². The molecule has 2 fully saturated rings. The third-order valence-electron chi connectivity index (χ3n) is 5.40. The number of amides is 2. The van der Waals surface area contributed by atoms with Gasteiger partial charge in [0.2, 0.25) is 11.8 Å². The molecule has 2 amide bonds. The molecule has 3 rings (SSSR count). The molecule has 1 aliphatic heterocycles. The van der Waals surface area contributed by atoms with Crippen molar-refractivity contribution >= 4 is 11.8 Å². The standard InChI is InChI=1S/C12H17NO2.C8H14N2O2/c1-9-7-11(13(15)12(14)8-9)10-5-3-2-4-6-10;1-2-6(8(9)12)10-5-3-4-7(10)11/h7-8,10,15H,2-6H2,1H3;6H,2-5H2,1H3,(H2,9,12)/t;6-/m.0/s1. The number of nitrogens with two attached hydrogens (primary N) is 1. The molecule has 150 valence electrons. The summed E-state index contributed by atoms with van der Waals surface area (Å²) in [6.45, 7) is 4.44. The van der Waals surface area contributed by atoms with E-state index in [1.807, 2.05) is 19.9 Å². The molecule has 7 nitrogen and oxygen atoms in total. The lowest BCUT2D eigenvalue weighted by Crippen LogP contribution is -2.44. The smallest absolute Gasteiger partial charge is 0.283 e. The van der Waals surface area contributed by atoms with Gasteiger partial charge in [-0.05, 0) is 44.2 Å². The van der Waals surface area contributed by atoms with Crippen LogP contribution in [0.5, 0.6) is 0 Å². The van der Waals surface area contributed by atoms with Gasteiger partial charge in [0.15, 0.2) is 0 Å². The Morgan fingerprint density at radius 1 is 1.22 bits per heavy atom. The Balaban J connectivity index is 0.000000199. The van der Waals surface area contributed by atoms with Crippen molar-refractivity contribution in [2.24, 2.45) is 5.73 Å². The second kappa shape index (κ2) is 9.58. The minimum Gasteiger partial charge on any atom is -0.425 e. The molecule has 1 saturated heterocycles. The Bertz CT molecular complexity index is 722. The van der Waals surface area contributed by atoms with Crippen molar-refractivity contribution in [2.75, 3.05) is 6.54 Å². The van der Waals surface area contributed by atoms with Crippen LogP contribution in [0.2, 0.25) is 0 Å². The van der Waals surface area contributed by atoms with Crippen LogP contribution in [0, 0.1) is 6.92 Å². The van der Waals surface area contributed by atoms with Crippen LogP contribution in [0.25, 0.3) is 0 Å². The van der Waals surface area contributed by atoms with E-state index < -0.39 is 5.91 Å². The normalized spacial score (nSPS) is 18.7. The quantitative estimate of drug-likeness (QED) is 0.785. The first-order chi connectivity index (χ1) is 12.8. The van der Waals surface area contributed by atoms with Gasteiger partial charge < -0.3 is 15.8 Å². The van der Waals surface area contributed by atoms with Crippen molar-refractivity contribution in [1.82, 2.24) is 9.63 Å². The third kappa shape index (κ3) is 5.34. The van der Waals surface area contributed by atoms with Gasteiger partial charge in [0.25, 0.3) is 5.56 Å². The predicted octanol–water partition coefficient (Wildman–Crippen LogP) is 2.31. The van der Waals surface area contributed by atoms with Gasteiger partial charge in [0, 0.05) is 24.9 Å². The summed E-state index contributed by atoms with van der Waals surface area (Å²) < 4.78 is 0.822. The first kappa shape index (κ1) is 21.0. The summed E-state index contributed by atoms with van der Waals surface area (Å²) in [6.07, 6.45) is 7.87. The van der Waals surface area contributed by atoms with Crippen LogP contribution in [0.1, 0.15) is 75.5 Å². The van der Waals surface area contributed by atoms with Crippen molar-refractivity contribution in [3.05, 3.63) is 33.7 Å². The van der Waals surface area contributed by atoms with Crippen LogP contribution in [0.4, 0.5) is 0 Å². The average molecular weight is 377 g/mol. The number of hydrogen-bond donors (Lipinski definition) is 2. The molecule has 3 N–H and O–H groups in total. The molecule has 0 spiro atoms. The zero-order valence-electron chi connectivity index (χ0n) is 16.3. The van der Waals surface area contributed by atoms with Crippen LogP contribution in [-0.2, 0) is 9.59 Å². The highest BCUT2D eigenvalue weighted by molar-refractivity contribution is 5.87. The lowest BCUT2D eigenvalue weighted by atomic mass is 9.86. The summed E-state index contributed by atoms with van der Waals surface area (Å²) in [4.78, 5) is 35.1. The molecule has 7 heteroatoms. The molecular weight excluding hydrogens is 346 g/mol. The fraction of sp³-hybridized carbons (Fsp3) is 0.650. The second-order valence-electron chi connectivity index (χ2n) is 7.46. The number of hydrogen-bond acceptors (Lipinski definition) is 4. The van der Waals surface area contributed by atoms with Crippen LogP contribution >= 0.6 is 0 Å². The number of likely N-dealkylation sites (tertiary alicyclic amines) is 1.